The fourth-order valence-electron chi connectivity index (χ4n) is 1.88. The number of hydrogen-bond donors (Lipinski definition) is 2. The molecule has 1 unspecified atom stereocenters. The lowest BCUT2D eigenvalue weighted by Gasteiger charge is -2.13. The van der Waals surface area contributed by atoms with E-state index in [0.717, 1.165) is 0 Å². The van der Waals surface area contributed by atoms with Gasteiger partial charge in [-0.05, 0) is 31.2 Å². The second kappa shape index (κ2) is 5.95. The van der Waals surface area contributed by atoms with Crippen LogP contribution in [0, 0.1) is 0 Å². The zero-order valence-electron chi connectivity index (χ0n) is 11.1. The van der Waals surface area contributed by atoms with E-state index >= 15 is 0 Å². The van der Waals surface area contributed by atoms with Crippen molar-refractivity contribution in [1.29, 1.82) is 0 Å². The van der Waals surface area contributed by atoms with E-state index in [1.807, 2.05) is 0 Å². The molecule has 1 aliphatic heterocycles. The van der Waals surface area contributed by atoms with Crippen molar-refractivity contribution in [2.45, 2.75) is 13.0 Å². The third-order valence-electron chi connectivity index (χ3n) is 2.89. The Bertz CT molecular complexity index is 594. The summed E-state index contributed by atoms with van der Waals surface area (Å²) in [6.45, 7) is 1.16. The molecule has 1 amide bonds. The third kappa shape index (κ3) is 4.12. The van der Waals surface area contributed by atoms with E-state index in [0.29, 0.717) is 11.3 Å². The van der Waals surface area contributed by atoms with Crippen molar-refractivity contribution in [1.82, 2.24) is 0 Å². The monoisotopic (exact) mass is 315 g/mol. The smallest absolute Gasteiger partial charge is 0.441 e. The van der Waals surface area contributed by atoms with E-state index in [-0.39, 0.29) is 12.3 Å². The number of nitrogens with zero attached hydrogens (tertiary/aromatic N) is 1. The summed E-state index contributed by atoms with van der Waals surface area (Å²) >= 11 is 0. The van der Waals surface area contributed by atoms with Crippen LogP contribution >= 0.6 is 7.82 Å². The summed E-state index contributed by atoms with van der Waals surface area (Å²) in [5.41, 5.74) is 1.05. The highest BCUT2D eigenvalue weighted by molar-refractivity contribution is 7.46. The van der Waals surface area contributed by atoms with Crippen molar-refractivity contribution in [3.05, 3.63) is 29.8 Å². The van der Waals surface area contributed by atoms with Crippen LogP contribution < -0.4 is 4.90 Å². The van der Waals surface area contributed by atoms with E-state index in [1.54, 1.807) is 24.3 Å². The summed E-state index contributed by atoms with van der Waals surface area (Å²) in [6.07, 6.45) is -1.40. The SMILES string of the molecule is CC(=O)c1ccc(N2CC(COP(=O)(O)O)OC2=O)cc1. The fraction of sp³-hybridized carbons (Fsp3) is 0.333. The molecule has 1 aromatic rings. The average Bonchev–Trinajstić information content (AvgIpc) is 2.77. The van der Waals surface area contributed by atoms with Gasteiger partial charge in [0.1, 0.15) is 6.10 Å². The summed E-state index contributed by atoms with van der Waals surface area (Å²) in [5, 5.41) is 0. The maximum absolute atomic E-state index is 11.7. The van der Waals surface area contributed by atoms with Crippen molar-refractivity contribution in [3.63, 3.8) is 0 Å². The number of cyclic esters (lactones) is 1. The third-order valence-corrected chi connectivity index (χ3v) is 3.37. The molecule has 1 saturated heterocycles. The lowest BCUT2D eigenvalue weighted by Crippen LogP contribution is -2.25. The number of hydrogen-bond acceptors (Lipinski definition) is 5. The van der Waals surface area contributed by atoms with Gasteiger partial charge in [-0.15, -0.1) is 0 Å². The van der Waals surface area contributed by atoms with Crippen LogP contribution in [0.2, 0.25) is 0 Å². The van der Waals surface area contributed by atoms with Crippen molar-refractivity contribution in [2.75, 3.05) is 18.1 Å². The first-order valence-corrected chi connectivity index (χ1v) is 7.58. The Balaban J connectivity index is 2.02. The molecule has 0 aliphatic carbocycles. The largest absolute Gasteiger partial charge is 0.469 e. The Hall–Kier alpha value is -1.73. The van der Waals surface area contributed by atoms with Crippen LogP contribution in [-0.2, 0) is 13.8 Å². The highest BCUT2D eigenvalue weighted by atomic mass is 31.2. The van der Waals surface area contributed by atoms with Gasteiger partial charge in [-0.2, -0.15) is 0 Å². The van der Waals surface area contributed by atoms with Crippen molar-refractivity contribution in [3.8, 4) is 0 Å². The second-order valence-electron chi connectivity index (χ2n) is 4.51. The average molecular weight is 315 g/mol. The molecule has 21 heavy (non-hydrogen) atoms. The number of ether oxygens (including phenoxy) is 1. The van der Waals surface area contributed by atoms with Gasteiger partial charge in [-0.3, -0.25) is 14.2 Å². The fourth-order valence-corrected chi connectivity index (χ4v) is 2.24. The second-order valence-corrected chi connectivity index (χ2v) is 5.75. The van der Waals surface area contributed by atoms with Crippen LogP contribution in [0.1, 0.15) is 17.3 Å². The standard InChI is InChI=1S/C12H14NO7P/c1-8(14)9-2-4-10(5-3-9)13-6-11(20-12(13)15)7-19-21(16,17)18/h2-5,11H,6-7H2,1H3,(H2,16,17,18). The number of rotatable bonds is 5. The minimum Gasteiger partial charge on any atom is -0.441 e. The van der Waals surface area contributed by atoms with E-state index in [9.17, 15) is 14.2 Å². The van der Waals surface area contributed by atoms with Gasteiger partial charge in [0, 0.05) is 11.3 Å². The highest BCUT2D eigenvalue weighted by Gasteiger charge is 2.34. The summed E-state index contributed by atoms with van der Waals surface area (Å²) in [6, 6.07) is 6.38. The predicted octanol–water partition coefficient (Wildman–Crippen LogP) is 1.32. The van der Waals surface area contributed by atoms with Gasteiger partial charge in [0.25, 0.3) is 0 Å². The first kappa shape index (κ1) is 15.7. The molecule has 9 heteroatoms. The van der Waals surface area contributed by atoms with Crippen molar-refractivity contribution >= 4 is 25.4 Å². The Morgan fingerprint density at radius 3 is 2.57 bits per heavy atom. The quantitative estimate of drug-likeness (QED) is 0.622. The molecule has 0 radical (unpaired) electrons. The molecule has 1 fully saturated rings. The van der Waals surface area contributed by atoms with Crippen LogP contribution in [0.5, 0.6) is 0 Å². The molecule has 1 aromatic carbocycles. The first-order chi connectivity index (χ1) is 9.76. The Labute approximate surface area is 120 Å². The molecule has 0 spiro atoms. The van der Waals surface area contributed by atoms with Crippen molar-refractivity contribution in [2.24, 2.45) is 0 Å². The number of carbonyl (C=O) groups is 2. The van der Waals surface area contributed by atoms with Crippen LogP contribution in [0.3, 0.4) is 0 Å². The molecule has 1 aliphatic rings. The predicted molar refractivity (Wildman–Crippen MR) is 72.1 cm³/mol. The number of phosphoric acid groups is 1. The van der Waals surface area contributed by atoms with Crippen LogP contribution in [0.25, 0.3) is 0 Å². The van der Waals surface area contributed by atoms with Gasteiger partial charge in [-0.25, -0.2) is 9.36 Å². The molecule has 1 atom stereocenters. The number of benzene rings is 1. The summed E-state index contributed by atoms with van der Waals surface area (Å²) < 4.78 is 19.9. The minimum atomic E-state index is -4.59. The van der Waals surface area contributed by atoms with Crippen molar-refractivity contribution < 1.29 is 33.2 Å². The number of carbonyl (C=O) groups excluding carboxylic acids is 2. The molecule has 1 heterocycles. The van der Waals surface area contributed by atoms with E-state index in [4.69, 9.17) is 14.5 Å². The molecule has 8 nitrogen and oxygen atoms in total. The summed E-state index contributed by atoms with van der Waals surface area (Å²) in [5.74, 6) is -0.0848. The van der Waals surface area contributed by atoms with Gasteiger partial charge in [0.05, 0.1) is 13.2 Å². The Morgan fingerprint density at radius 1 is 1.43 bits per heavy atom. The molecule has 0 aromatic heterocycles. The summed E-state index contributed by atoms with van der Waals surface area (Å²) in [7, 11) is -4.59. The molecule has 0 saturated carbocycles. The molecule has 2 N–H and O–H groups in total. The van der Waals surface area contributed by atoms with Gasteiger partial charge in [0.2, 0.25) is 0 Å². The zero-order valence-corrected chi connectivity index (χ0v) is 12.0. The summed E-state index contributed by atoms with van der Waals surface area (Å²) in [4.78, 5) is 41.4. The number of phosphoric ester groups is 1. The molecule has 2 rings (SSSR count). The normalized spacial score (nSPS) is 18.7. The van der Waals surface area contributed by atoms with Crippen LogP contribution in [0.4, 0.5) is 10.5 Å². The topological polar surface area (TPSA) is 113 Å². The number of amides is 1. The maximum Gasteiger partial charge on any atom is 0.469 e. The number of anilines is 1. The van der Waals surface area contributed by atoms with Gasteiger partial charge in [-0.1, -0.05) is 0 Å². The first-order valence-electron chi connectivity index (χ1n) is 6.05. The molecular formula is C12H14NO7P. The molecule has 0 bridgehead atoms. The highest BCUT2D eigenvalue weighted by Crippen LogP contribution is 2.36. The van der Waals surface area contributed by atoms with E-state index in [2.05, 4.69) is 4.52 Å². The van der Waals surface area contributed by atoms with E-state index in [1.165, 1.54) is 11.8 Å². The lowest BCUT2D eigenvalue weighted by atomic mass is 10.1. The maximum atomic E-state index is 11.7. The zero-order chi connectivity index (χ0) is 15.6. The van der Waals surface area contributed by atoms with Crippen LogP contribution in [-0.4, -0.2) is 40.9 Å². The van der Waals surface area contributed by atoms with E-state index < -0.39 is 26.6 Å². The van der Waals surface area contributed by atoms with Gasteiger partial charge < -0.3 is 14.5 Å². The van der Waals surface area contributed by atoms with Gasteiger partial charge >= 0.3 is 13.9 Å². The Morgan fingerprint density at radius 2 is 2.05 bits per heavy atom. The molecule has 114 valence electrons. The van der Waals surface area contributed by atoms with Gasteiger partial charge in [0.15, 0.2) is 5.78 Å². The lowest BCUT2D eigenvalue weighted by molar-refractivity contribution is 0.0880. The minimum absolute atomic E-state index is 0.0848. The van der Waals surface area contributed by atoms with Crippen LogP contribution in [0.15, 0.2) is 24.3 Å². The molecular weight excluding hydrogens is 301 g/mol. The Kier molecular flexibility index (Phi) is 4.43. The number of ketones is 1. The number of Topliss-reactive ketones (excluding diaryl/α,β-unsaturated/α-hetero) is 1.